The quantitative estimate of drug-likeness (QED) is 0.772. The summed E-state index contributed by atoms with van der Waals surface area (Å²) in [6.45, 7) is 0.603. The molecule has 0 unspecified atom stereocenters. The molecule has 7 heteroatoms. The Kier molecular flexibility index (Phi) is 5.33. The number of rotatable bonds is 6. The molecular weight excluding hydrogens is 278 g/mol. The Hall–Kier alpha value is -1.18. The van der Waals surface area contributed by atoms with Gasteiger partial charge in [-0.3, -0.25) is 0 Å². The molecule has 0 spiro atoms. The van der Waals surface area contributed by atoms with Gasteiger partial charge >= 0.3 is 0 Å². The lowest BCUT2D eigenvalue weighted by Gasteiger charge is -2.21. The number of nitrogens with zero attached hydrogens (tertiary/aromatic N) is 1. The van der Waals surface area contributed by atoms with Crippen molar-refractivity contribution in [2.45, 2.75) is 43.2 Å². The molecule has 0 aliphatic heterocycles. The van der Waals surface area contributed by atoms with E-state index in [1.807, 2.05) is 0 Å². The van der Waals surface area contributed by atoms with Crippen LogP contribution in [-0.2, 0) is 14.8 Å². The molecule has 1 aliphatic carbocycles. The van der Waals surface area contributed by atoms with Crippen molar-refractivity contribution in [1.82, 2.24) is 9.71 Å². The normalized spacial score (nSPS) is 17.2. The fourth-order valence-electron chi connectivity index (χ4n) is 2.33. The molecular formula is C13H21N3O3S. The topological polar surface area (TPSA) is 94.3 Å². The first-order valence-corrected chi connectivity index (χ1v) is 8.39. The molecule has 20 heavy (non-hydrogen) atoms. The SMILES string of the molecule is Nc1cccnc1S(=O)(=O)NCCOC1CCCCC1. The third-order valence-electron chi connectivity index (χ3n) is 3.36. The Morgan fingerprint density at radius 3 is 2.80 bits per heavy atom. The molecule has 1 fully saturated rings. The van der Waals surface area contributed by atoms with E-state index in [0.717, 1.165) is 12.8 Å². The standard InChI is InChI=1S/C13H21N3O3S/c14-12-7-4-8-15-13(12)20(17,18)16-9-10-19-11-5-2-1-3-6-11/h4,7-8,11,16H,1-3,5-6,9-10,14H2. The Labute approximate surface area is 119 Å². The highest BCUT2D eigenvalue weighted by Crippen LogP contribution is 2.20. The van der Waals surface area contributed by atoms with Crippen molar-refractivity contribution in [3.05, 3.63) is 18.3 Å². The molecule has 0 amide bonds. The summed E-state index contributed by atoms with van der Waals surface area (Å²) in [6, 6.07) is 3.11. The van der Waals surface area contributed by atoms with Crippen molar-refractivity contribution < 1.29 is 13.2 Å². The average molecular weight is 299 g/mol. The number of nitrogen functional groups attached to an aromatic ring is 1. The van der Waals surface area contributed by atoms with Crippen LogP contribution in [-0.4, -0.2) is 32.7 Å². The van der Waals surface area contributed by atoms with E-state index in [0.29, 0.717) is 6.61 Å². The first-order chi connectivity index (χ1) is 9.59. The van der Waals surface area contributed by atoms with Crippen molar-refractivity contribution in [3.8, 4) is 0 Å². The van der Waals surface area contributed by atoms with Gasteiger partial charge in [-0.15, -0.1) is 0 Å². The van der Waals surface area contributed by atoms with Crippen LogP contribution in [0.3, 0.4) is 0 Å². The Morgan fingerprint density at radius 2 is 2.10 bits per heavy atom. The van der Waals surface area contributed by atoms with Crippen LogP contribution in [0.2, 0.25) is 0 Å². The van der Waals surface area contributed by atoms with Gasteiger partial charge in [0, 0.05) is 12.7 Å². The average Bonchev–Trinajstić information content (AvgIpc) is 2.45. The highest BCUT2D eigenvalue weighted by atomic mass is 32.2. The van der Waals surface area contributed by atoms with Gasteiger partial charge in [-0.05, 0) is 25.0 Å². The highest BCUT2D eigenvalue weighted by molar-refractivity contribution is 7.89. The first-order valence-electron chi connectivity index (χ1n) is 6.91. The largest absolute Gasteiger partial charge is 0.396 e. The van der Waals surface area contributed by atoms with Gasteiger partial charge in [0.1, 0.15) is 0 Å². The zero-order valence-corrected chi connectivity index (χ0v) is 12.2. The van der Waals surface area contributed by atoms with Crippen LogP contribution in [0.15, 0.2) is 23.4 Å². The van der Waals surface area contributed by atoms with Crippen molar-refractivity contribution in [2.75, 3.05) is 18.9 Å². The minimum Gasteiger partial charge on any atom is -0.396 e. The zero-order chi connectivity index (χ0) is 14.4. The van der Waals surface area contributed by atoms with Crippen LogP contribution >= 0.6 is 0 Å². The van der Waals surface area contributed by atoms with E-state index in [1.54, 1.807) is 6.07 Å². The van der Waals surface area contributed by atoms with E-state index < -0.39 is 10.0 Å². The lowest BCUT2D eigenvalue weighted by Crippen LogP contribution is -2.30. The fourth-order valence-corrected chi connectivity index (χ4v) is 3.40. The van der Waals surface area contributed by atoms with Gasteiger partial charge in [-0.2, -0.15) is 0 Å². The summed E-state index contributed by atoms with van der Waals surface area (Å²) in [7, 11) is -3.66. The predicted molar refractivity (Wildman–Crippen MR) is 76.7 cm³/mol. The molecule has 112 valence electrons. The van der Waals surface area contributed by atoms with Gasteiger partial charge in [0.15, 0.2) is 5.03 Å². The molecule has 1 aromatic rings. The van der Waals surface area contributed by atoms with Crippen molar-refractivity contribution in [2.24, 2.45) is 0 Å². The highest BCUT2D eigenvalue weighted by Gasteiger charge is 2.19. The maximum absolute atomic E-state index is 12.0. The number of nitrogens with one attached hydrogen (secondary N) is 1. The molecule has 2 rings (SSSR count). The molecule has 1 aromatic heterocycles. The number of nitrogens with two attached hydrogens (primary N) is 1. The Bertz CT molecular complexity index is 527. The first kappa shape index (κ1) is 15.2. The smallest absolute Gasteiger partial charge is 0.260 e. The summed E-state index contributed by atoms with van der Waals surface area (Å²) in [6.07, 6.45) is 7.48. The number of anilines is 1. The van der Waals surface area contributed by atoms with Gasteiger partial charge < -0.3 is 10.5 Å². The minimum atomic E-state index is -3.66. The minimum absolute atomic E-state index is 0.127. The molecule has 0 radical (unpaired) electrons. The van der Waals surface area contributed by atoms with Crippen molar-refractivity contribution in [1.29, 1.82) is 0 Å². The van der Waals surface area contributed by atoms with E-state index >= 15 is 0 Å². The second-order valence-electron chi connectivity index (χ2n) is 4.93. The monoisotopic (exact) mass is 299 g/mol. The van der Waals surface area contributed by atoms with Crippen LogP contribution in [0.1, 0.15) is 32.1 Å². The molecule has 1 saturated carbocycles. The van der Waals surface area contributed by atoms with E-state index in [1.165, 1.54) is 31.5 Å². The predicted octanol–water partition coefficient (Wildman–Crippen LogP) is 1.29. The molecule has 0 atom stereocenters. The fraction of sp³-hybridized carbons (Fsp3) is 0.615. The number of pyridine rings is 1. The Morgan fingerprint density at radius 1 is 1.35 bits per heavy atom. The summed E-state index contributed by atoms with van der Waals surface area (Å²) < 4.78 is 32.1. The van der Waals surface area contributed by atoms with Gasteiger partial charge in [-0.25, -0.2) is 18.1 Å². The van der Waals surface area contributed by atoms with Crippen LogP contribution in [0, 0.1) is 0 Å². The summed E-state index contributed by atoms with van der Waals surface area (Å²) in [4.78, 5) is 3.80. The summed E-state index contributed by atoms with van der Waals surface area (Å²) in [5.74, 6) is 0. The molecule has 1 aliphatic rings. The molecule has 0 aromatic carbocycles. The van der Waals surface area contributed by atoms with Crippen LogP contribution < -0.4 is 10.5 Å². The molecule has 0 bridgehead atoms. The lowest BCUT2D eigenvalue weighted by molar-refractivity contribution is 0.0321. The third kappa shape index (κ3) is 4.16. The summed E-state index contributed by atoms with van der Waals surface area (Å²) in [5.41, 5.74) is 5.76. The maximum atomic E-state index is 12.0. The van der Waals surface area contributed by atoms with E-state index in [-0.39, 0.29) is 23.4 Å². The number of hydrogen-bond acceptors (Lipinski definition) is 5. The lowest BCUT2D eigenvalue weighted by atomic mass is 9.98. The maximum Gasteiger partial charge on any atom is 0.260 e. The molecule has 1 heterocycles. The van der Waals surface area contributed by atoms with Crippen molar-refractivity contribution in [3.63, 3.8) is 0 Å². The molecule has 0 saturated heterocycles. The van der Waals surface area contributed by atoms with Gasteiger partial charge in [0.25, 0.3) is 10.0 Å². The van der Waals surface area contributed by atoms with Crippen LogP contribution in [0.4, 0.5) is 5.69 Å². The number of hydrogen-bond donors (Lipinski definition) is 2. The van der Waals surface area contributed by atoms with E-state index in [2.05, 4.69) is 9.71 Å². The van der Waals surface area contributed by atoms with Crippen LogP contribution in [0.25, 0.3) is 0 Å². The van der Waals surface area contributed by atoms with Crippen molar-refractivity contribution >= 4 is 15.7 Å². The van der Waals surface area contributed by atoms with E-state index in [4.69, 9.17) is 10.5 Å². The number of ether oxygens (including phenoxy) is 1. The summed E-state index contributed by atoms with van der Waals surface area (Å²) in [5, 5.41) is -0.127. The third-order valence-corrected chi connectivity index (χ3v) is 4.79. The van der Waals surface area contributed by atoms with Gasteiger partial charge in [-0.1, -0.05) is 19.3 Å². The molecule has 3 N–H and O–H groups in total. The van der Waals surface area contributed by atoms with Crippen LogP contribution in [0.5, 0.6) is 0 Å². The second kappa shape index (κ2) is 7.01. The second-order valence-corrected chi connectivity index (χ2v) is 6.61. The molecule has 6 nitrogen and oxygen atoms in total. The number of aromatic nitrogens is 1. The number of sulfonamides is 1. The Balaban J connectivity index is 1.79. The summed E-state index contributed by atoms with van der Waals surface area (Å²) >= 11 is 0. The van der Waals surface area contributed by atoms with Gasteiger partial charge in [0.2, 0.25) is 0 Å². The van der Waals surface area contributed by atoms with Gasteiger partial charge in [0.05, 0.1) is 18.4 Å². The zero-order valence-electron chi connectivity index (χ0n) is 11.4. The van der Waals surface area contributed by atoms with E-state index in [9.17, 15) is 8.42 Å².